The zero-order valence-corrected chi connectivity index (χ0v) is 14.6. The number of H-pyrrole nitrogens is 1. The number of nitrogens with one attached hydrogen (secondary N) is 2. The van der Waals surface area contributed by atoms with E-state index in [1.807, 2.05) is 0 Å². The van der Waals surface area contributed by atoms with Crippen molar-refractivity contribution in [3.8, 4) is 17.2 Å². The van der Waals surface area contributed by atoms with Gasteiger partial charge in [0.15, 0.2) is 11.5 Å². The molecule has 0 spiro atoms. The van der Waals surface area contributed by atoms with Crippen molar-refractivity contribution in [2.24, 2.45) is 5.10 Å². The summed E-state index contributed by atoms with van der Waals surface area (Å²) >= 11 is 0. The van der Waals surface area contributed by atoms with Gasteiger partial charge >= 0.3 is 0 Å². The highest BCUT2D eigenvalue weighted by Gasteiger charge is 2.11. The van der Waals surface area contributed by atoms with E-state index in [2.05, 4.69) is 20.5 Å². The van der Waals surface area contributed by atoms with E-state index in [4.69, 9.17) is 14.2 Å². The summed E-state index contributed by atoms with van der Waals surface area (Å²) in [5, 5.41) is 4.00. The number of carbonyl (C=O) groups excluding carboxylic acids is 1. The van der Waals surface area contributed by atoms with Crippen LogP contribution in [0.1, 0.15) is 15.9 Å². The molecule has 3 aromatic rings. The zero-order valence-electron chi connectivity index (χ0n) is 14.6. The summed E-state index contributed by atoms with van der Waals surface area (Å²) in [6, 6.07) is 8.56. The standard InChI is InChI=1S/C18H18N4O4/c1-24-15-8-17(26-3)16(25-2)7-12(15)9-21-22-18(23)11-4-5-13-14(6-11)20-10-19-13/h4-10H,1-3H3,(H,19,20)(H,22,23)/b21-9+. The van der Waals surface area contributed by atoms with Crippen LogP contribution in [0.4, 0.5) is 0 Å². The minimum Gasteiger partial charge on any atom is -0.496 e. The largest absolute Gasteiger partial charge is 0.496 e. The Morgan fingerprint density at radius 1 is 1.08 bits per heavy atom. The average molecular weight is 354 g/mol. The molecular formula is C18H18N4O4. The van der Waals surface area contributed by atoms with Crippen molar-refractivity contribution in [3.63, 3.8) is 0 Å². The van der Waals surface area contributed by atoms with Crippen LogP contribution in [-0.2, 0) is 0 Å². The molecule has 3 rings (SSSR count). The SMILES string of the molecule is COc1cc(OC)c(OC)cc1/C=N/NC(=O)c1ccc2nc[nH]c2c1. The lowest BCUT2D eigenvalue weighted by Crippen LogP contribution is -2.17. The molecule has 1 amide bonds. The van der Waals surface area contributed by atoms with Crippen LogP contribution in [0.25, 0.3) is 11.0 Å². The summed E-state index contributed by atoms with van der Waals surface area (Å²) in [7, 11) is 4.62. The maximum Gasteiger partial charge on any atom is 0.271 e. The number of hydrazone groups is 1. The van der Waals surface area contributed by atoms with Crippen LogP contribution < -0.4 is 19.6 Å². The van der Waals surface area contributed by atoms with Crippen molar-refractivity contribution in [1.29, 1.82) is 0 Å². The Morgan fingerprint density at radius 2 is 1.81 bits per heavy atom. The molecule has 8 nitrogen and oxygen atoms in total. The molecule has 2 aromatic carbocycles. The number of aromatic amines is 1. The Morgan fingerprint density at radius 3 is 2.54 bits per heavy atom. The fourth-order valence-electron chi connectivity index (χ4n) is 2.46. The monoisotopic (exact) mass is 354 g/mol. The predicted molar refractivity (Wildman–Crippen MR) is 97.3 cm³/mol. The van der Waals surface area contributed by atoms with Crippen molar-refractivity contribution in [1.82, 2.24) is 15.4 Å². The maximum absolute atomic E-state index is 12.2. The summed E-state index contributed by atoms with van der Waals surface area (Å²) in [6.07, 6.45) is 3.06. The number of amides is 1. The van der Waals surface area contributed by atoms with Gasteiger partial charge in [-0.25, -0.2) is 10.4 Å². The first-order valence-electron chi connectivity index (χ1n) is 7.72. The van der Waals surface area contributed by atoms with Crippen molar-refractivity contribution in [2.45, 2.75) is 0 Å². The number of nitrogens with zero attached hydrogens (tertiary/aromatic N) is 2. The van der Waals surface area contributed by atoms with Gasteiger partial charge in [0.25, 0.3) is 5.91 Å². The van der Waals surface area contributed by atoms with E-state index in [9.17, 15) is 4.79 Å². The molecule has 0 aliphatic rings. The van der Waals surface area contributed by atoms with Crippen LogP contribution >= 0.6 is 0 Å². The molecule has 134 valence electrons. The van der Waals surface area contributed by atoms with Crippen molar-refractivity contribution < 1.29 is 19.0 Å². The minimum absolute atomic E-state index is 0.336. The number of hydrogen-bond acceptors (Lipinski definition) is 6. The summed E-state index contributed by atoms with van der Waals surface area (Å²) in [6.45, 7) is 0. The van der Waals surface area contributed by atoms with E-state index in [0.29, 0.717) is 28.4 Å². The van der Waals surface area contributed by atoms with Crippen LogP contribution in [-0.4, -0.2) is 43.4 Å². The second-order valence-electron chi connectivity index (χ2n) is 5.28. The molecule has 0 bridgehead atoms. The molecule has 0 fully saturated rings. The highest BCUT2D eigenvalue weighted by atomic mass is 16.5. The number of imidazole rings is 1. The smallest absolute Gasteiger partial charge is 0.271 e. The van der Waals surface area contributed by atoms with Crippen molar-refractivity contribution >= 4 is 23.2 Å². The molecule has 8 heteroatoms. The predicted octanol–water partition coefficient (Wildman–Crippen LogP) is 2.35. The molecule has 1 aromatic heterocycles. The zero-order chi connectivity index (χ0) is 18.5. The average Bonchev–Trinajstić information content (AvgIpc) is 3.15. The van der Waals surface area contributed by atoms with E-state index in [1.54, 1.807) is 50.9 Å². The second kappa shape index (κ2) is 7.56. The van der Waals surface area contributed by atoms with Crippen LogP contribution in [0, 0.1) is 0 Å². The van der Waals surface area contributed by atoms with Gasteiger partial charge in [0.1, 0.15) is 5.75 Å². The Labute approximate surface area is 149 Å². The van der Waals surface area contributed by atoms with Gasteiger partial charge in [0.2, 0.25) is 0 Å². The Balaban J connectivity index is 1.77. The molecule has 1 heterocycles. The Bertz CT molecular complexity index is 965. The molecule has 0 aliphatic heterocycles. The molecule has 0 aliphatic carbocycles. The third kappa shape index (κ3) is 3.44. The van der Waals surface area contributed by atoms with Gasteiger partial charge in [-0.05, 0) is 24.3 Å². The molecule has 0 saturated carbocycles. The third-order valence-corrected chi connectivity index (χ3v) is 3.79. The fourth-order valence-corrected chi connectivity index (χ4v) is 2.46. The molecule has 0 radical (unpaired) electrons. The summed E-state index contributed by atoms with van der Waals surface area (Å²) < 4.78 is 15.8. The molecule has 0 atom stereocenters. The first-order valence-corrected chi connectivity index (χ1v) is 7.72. The maximum atomic E-state index is 12.2. The molecule has 0 unspecified atom stereocenters. The number of aromatic nitrogens is 2. The van der Waals surface area contributed by atoms with E-state index in [0.717, 1.165) is 11.0 Å². The van der Waals surface area contributed by atoms with Gasteiger partial charge in [0.05, 0.1) is 44.9 Å². The number of fused-ring (bicyclic) bond motifs is 1. The van der Waals surface area contributed by atoms with Crippen LogP contribution in [0.5, 0.6) is 17.2 Å². The van der Waals surface area contributed by atoms with E-state index >= 15 is 0 Å². The van der Waals surface area contributed by atoms with Crippen molar-refractivity contribution in [3.05, 3.63) is 47.8 Å². The highest BCUT2D eigenvalue weighted by molar-refractivity contribution is 5.98. The summed E-state index contributed by atoms with van der Waals surface area (Å²) in [5.74, 6) is 1.28. The lowest BCUT2D eigenvalue weighted by atomic mass is 10.2. The quantitative estimate of drug-likeness (QED) is 0.523. The van der Waals surface area contributed by atoms with Crippen LogP contribution in [0.15, 0.2) is 41.8 Å². The number of rotatable bonds is 6. The number of hydrogen-bond donors (Lipinski definition) is 2. The van der Waals surface area contributed by atoms with Gasteiger partial charge in [-0.3, -0.25) is 4.79 Å². The first kappa shape index (κ1) is 17.3. The number of carbonyl (C=O) groups is 1. The molecule has 0 saturated heterocycles. The number of ether oxygens (including phenoxy) is 3. The lowest BCUT2D eigenvalue weighted by Gasteiger charge is -2.11. The lowest BCUT2D eigenvalue weighted by molar-refractivity contribution is 0.0955. The summed E-state index contributed by atoms with van der Waals surface area (Å²) in [4.78, 5) is 19.3. The topological polar surface area (TPSA) is 97.8 Å². The number of benzene rings is 2. The molecule has 26 heavy (non-hydrogen) atoms. The van der Waals surface area contributed by atoms with Crippen LogP contribution in [0.2, 0.25) is 0 Å². The minimum atomic E-state index is -0.336. The van der Waals surface area contributed by atoms with Gasteiger partial charge in [-0.2, -0.15) is 5.10 Å². The second-order valence-corrected chi connectivity index (χ2v) is 5.28. The first-order chi connectivity index (χ1) is 12.7. The van der Waals surface area contributed by atoms with Crippen LogP contribution in [0.3, 0.4) is 0 Å². The third-order valence-electron chi connectivity index (χ3n) is 3.79. The Hall–Kier alpha value is -3.55. The highest BCUT2D eigenvalue weighted by Crippen LogP contribution is 2.33. The normalized spacial score (nSPS) is 10.9. The fraction of sp³-hybridized carbons (Fsp3) is 0.167. The van der Waals surface area contributed by atoms with Gasteiger partial charge < -0.3 is 19.2 Å². The summed E-state index contributed by atoms with van der Waals surface area (Å²) in [5.41, 5.74) is 5.17. The van der Waals surface area contributed by atoms with Gasteiger partial charge in [-0.15, -0.1) is 0 Å². The van der Waals surface area contributed by atoms with Crippen molar-refractivity contribution in [2.75, 3.05) is 21.3 Å². The Kier molecular flexibility index (Phi) is 5.02. The number of methoxy groups -OCH3 is 3. The van der Waals surface area contributed by atoms with E-state index in [-0.39, 0.29) is 5.91 Å². The van der Waals surface area contributed by atoms with E-state index in [1.165, 1.54) is 13.3 Å². The van der Waals surface area contributed by atoms with Gasteiger partial charge in [-0.1, -0.05) is 0 Å². The molecular weight excluding hydrogens is 336 g/mol. The van der Waals surface area contributed by atoms with E-state index < -0.39 is 0 Å². The molecule has 2 N–H and O–H groups in total. The van der Waals surface area contributed by atoms with Gasteiger partial charge in [0, 0.05) is 17.2 Å².